The molecular formula is C17H24N4O2. The van der Waals surface area contributed by atoms with Crippen molar-refractivity contribution in [1.82, 2.24) is 9.80 Å². The first-order valence-electron chi connectivity index (χ1n) is 7.90. The Hall–Kier alpha value is -2.37. The van der Waals surface area contributed by atoms with Crippen LogP contribution in [0.4, 0.5) is 4.79 Å². The van der Waals surface area contributed by atoms with E-state index in [1.807, 2.05) is 32.9 Å². The number of likely N-dealkylation sites (N-methyl/N-ethyl adjacent to an activating group) is 1. The molecule has 0 spiro atoms. The van der Waals surface area contributed by atoms with E-state index in [0.717, 1.165) is 5.56 Å². The molecule has 1 aliphatic heterocycles. The average molecular weight is 316 g/mol. The Labute approximate surface area is 136 Å². The van der Waals surface area contributed by atoms with Crippen molar-refractivity contribution in [1.29, 1.82) is 5.41 Å². The molecule has 124 valence electrons. The predicted octanol–water partition coefficient (Wildman–Crippen LogP) is 1.82. The molecule has 1 aliphatic rings. The Morgan fingerprint density at radius 2 is 1.87 bits per heavy atom. The Morgan fingerprint density at radius 3 is 2.35 bits per heavy atom. The van der Waals surface area contributed by atoms with Crippen molar-refractivity contribution in [3.05, 3.63) is 35.4 Å². The van der Waals surface area contributed by atoms with Crippen LogP contribution in [0.2, 0.25) is 0 Å². The van der Waals surface area contributed by atoms with Crippen LogP contribution in [-0.4, -0.2) is 46.7 Å². The Morgan fingerprint density at radius 1 is 1.26 bits per heavy atom. The number of amides is 3. The van der Waals surface area contributed by atoms with Gasteiger partial charge in [0, 0.05) is 25.1 Å². The van der Waals surface area contributed by atoms with Crippen LogP contribution in [0.25, 0.3) is 0 Å². The highest BCUT2D eigenvalue weighted by atomic mass is 16.2. The molecule has 3 N–H and O–H groups in total. The van der Waals surface area contributed by atoms with E-state index in [1.165, 1.54) is 4.90 Å². The van der Waals surface area contributed by atoms with Gasteiger partial charge in [-0.1, -0.05) is 38.1 Å². The second-order valence-electron chi connectivity index (χ2n) is 6.24. The maximum absolute atomic E-state index is 12.5. The highest BCUT2D eigenvalue weighted by molar-refractivity contribution is 6.04. The van der Waals surface area contributed by atoms with Gasteiger partial charge >= 0.3 is 6.03 Å². The van der Waals surface area contributed by atoms with E-state index >= 15 is 0 Å². The number of benzene rings is 1. The molecule has 0 bridgehead atoms. The van der Waals surface area contributed by atoms with Gasteiger partial charge < -0.3 is 10.6 Å². The predicted molar refractivity (Wildman–Crippen MR) is 89.3 cm³/mol. The molecule has 3 amide bonds. The smallest absolute Gasteiger partial charge is 0.327 e. The largest absolute Gasteiger partial charge is 0.384 e. The van der Waals surface area contributed by atoms with Crippen LogP contribution in [0.15, 0.2) is 24.3 Å². The molecule has 1 aromatic carbocycles. The summed E-state index contributed by atoms with van der Waals surface area (Å²) in [4.78, 5) is 27.9. The minimum Gasteiger partial charge on any atom is -0.384 e. The summed E-state index contributed by atoms with van der Waals surface area (Å²) < 4.78 is 0. The summed E-state index contributed by atoms with van der Waals surface area (Å²) in [6.07, 6.45) is 0.478. The van der Waals surface area contributed by atoms with Crippen LogP contribution in [0.1, 0.15) is 31.9 Å². The van der Waals surface area contributed by atoms with E-state index in [0.29, 0.717) is 31.0 Å². The summed E-state index contributed by atoms with van der Waals surface area (Å²) >= 11 is 0. The van der Waals surface area contributed by atoms with Gasteiger partial charge in [0.05, 0.1) is 0 Å². The zero-order chi connectivity index (χ0) is 17.1. The maximum atomic E-state index is 12.5. The van der Waals surface area contributed by atoms with Crippen LogP contribution in [0, 0.1) is 11.3 Å². The molecule has 1 saturated heterocycles. The lowest BCUT2D eigenvalue weighted by atomic mass is 10.0. The first-order chi connectivity index (χ1) is 10.8. The van der Waals surface area contributed by atoms with E-state index in [-0.39, 0.29) is 17.8 Å². The number of nitrogens with two attached hydrogens (primary N) is 1. The van der Waals surface area contributed by atoms with Crippen molar-refractivity contribution in [2.24, 2.45) is 11.7 Å². The van der Waals surface area contributed by atoms with Crippen molar-refractivity contribution in [3.63, 3.8) is 0 Å². The third kappa shape index (κ3) is 3.52. The van der Waals surface area contributed by atoms with E-state index in [1.54, 1.807) is 17.0 Å². The number of urea groups is 1. The average Bonchev–Trinajstić information content (AvgIpc) is 2.71. The molecule has 6 heteroatoms. The van der Waals surface area contributed by atoms with Gasteiger partial charge in [-0.3, -0.25) is 15.1 Å². The lowest BCUT2D eigenvalue weighted by molar-refractivity contribution is -0.128. The second-order valence-corrected chi connectivity index (χ2v) is 6.24. The summed E-state index contributed by atoms with van der Waals surface area (Å²) in [7, 11) is 0. The second kappa shape index (κ2) is 6.81. The van der Waals surface area contributed by atoms with Crippen molar-refractivity contribution >= 4 is 17.8 Å². The first kappa shape index (κ1) is 17.0. The van der Waals surface area contributed by atoms with Crippen molar-refractivity contribution in [2.75, 3.05) is 13.1 Å². The summed E-state index contributed by atoms with van der Waals surface area (Å²) in [5, 5.41) is 7.41. The lowest BCUT2D eigenvalue weighted by Crippen LogP contribution is -2.39. The number of hydrogen-bond acceptors (Lipinski definition) is 3. The molecule has 0 radical (unpaired) electrons. The number of nitrogens with zero attached hydrogens (tertiary/aromatic N) is 2. The fraction of sp³-hybridized carbons (Fsp3) is 0.471. The lowest BCUT2D eigenvalue weighted by Gasteiger charge is -2.23. The summed E-state index contributed by atoms with van der Waals surface area (Å²) in [6.45, 7) is 6.84. The van der Waals surface area contributed by atoms with Crippen molar-refractivity contribution in [3.8, 4) is 0 Å². The molecule has 0 aromatic heterocycles. The monoisotopic (exact) mass is 316 g/mol. The molecule has 0 saturated carbocycles. The number of imide groups is 1. The normalized spacial score (nSPS) is 18.2. The summed E-state index contributed by atoms with van der Waals surface area (Å²) in [5.41, 5.74) is 7.05. The van der Waals surface area contributed by atoms with Crippen LogP contribution >= 0.6 is 0 Å². The van der Waals surface area contributed by atoms with Crippen molar-refractivity contribution < 1.29 is 9.59 Å². The topological polar surface area (TPSA) is 90.5 Å². The maximum Gasteiger partial charge on any atom is 0.327 e. The number of hydrogen-bond donors (Lipinski definition) is 2. The zero-order valence-corrected chi connectivity index (χ0v) is 13.9. The fourth-order valence-corrected chi connectivity index (χ4v) is 2.83. The quantitative estimate of drug-likeness (QED) is 0.476. The minimum absolute atomic E-state index is 0.0160. The molecule has 1 heterocycles. The van der Waals surface area contributed by atoms with Crippen LogP contribution in [0.5, 0.6) is 0 Å². The first-order valence-corrected chi connectivity index (χ1v) is 7.90. The highest BCUT2D eigenvalue weighted by Crippen LogP contribution is 2.22. The number of amidine groups is 1. The molecule has 1 atom stereocenters. The number of nitrogen functional groups attached to an aromatic ring is 1. The van der Waals surface area contributed by atoms with Gasteiger partial charge in [0.1, 0.15) is 11.9 Å². The van der Waals surface area contributed by atoms with E-state index in [4.69, 9.17) is 11.1 Å². The molecule has 1 fully saturated rings. The van der Waals surface area contributed by atoms with Crippen LogP contribution < -0.4 is 5.73 Å². The van der Waals surface area contributed by atoms with E-state index in [2.05, 4.69) is 0 Å². The Bertz CT molecular complexity index is 610. The van der Waals surface area contributed by atoms with E-state index in [9.17, 15) is 9.59 Å². The van der Waals surface area contributed by atoms with Gasteiger partial charge in [-0.15, -0.1) is 0 Å². The molecular weight excluding hydrogens is 292 g/mol. The SMILES string of the molecule is CCN1C(=O)[C@H](Cc2ccc(C(=N)N)cc2)N(CC(C)C)C1=O. The summed E-state index contributed by atoms with van der Waals surface area (Å²) in [5.74, 6) is 0.183. The number of carbonyl (C=O) groups excluding carboxylic acids is 2. The van der Waals surface area contributed by atoms with Crippen LogP contribution in [0.3, 0.4) is 0 Å². The molecule has 0 unspecified atom stereocenters. The molecule has 0 aliphatic carbocycles. The van der Waals surface area contributed by atoms with E-state index < -0.39 is 6.04 Å². The molecule has 6 nitrogen and oxygen atoms in total. The molecule has 2 rings (SSSR count). The van der Waals surface area contributed by atoms with Gasteiger partial charge in [-0.05, 0) is 18.4 Å². The minimum atomic E-state index is -0.451. The molecule has 23 heavy (non-hydrogen) atoms. The number of carbonyl (C=O) groups is 2. The summed E-state index contributed by atoms with van der Waals surface area (Å²) in [6, 6.07) is 6.60. The fourth-order valence-electron chi connectivity index (χ4n) is 2.83. The van der Waals surface area contributed by atoms with Crippen molar-refractivity contribution in [2.45, 2.75) is 33.2 Å². The van der Waals surface area contributed by atoms with Crippen LogP contribution in [-0.2, 0) is 11.2 Å². The third-order valence-corrected chi connectivity index (χ3v) is 3.98. The van der Waals surface area contributed by atoms with Gasteiger partial charge in [-0.25, -0.2) is 4.79 Å². The number of nitrogens with one attached hydrogen (secondary N) is 1. The highest BCUT2D eigenvalue weighted by Gasteiger charge is 2.44. The Balaban J connectivity index is 2.22. The molecule has 1 aromatic rings. The standard InChI is InChI=1S/C17H24N4O2/c1-4-20-16(22)14(21(17(20)23)10-11(2)3)9-12-5-7-13(8-6-12)15(18)19/h5-8,11,14H,4,9-10H2,1-3H3,(H3,18,19)/t14-/m0/s1. The third-order valence-electron chi connectivity index (χ3n) is 3.98. The Kier molecular flexibility index (Phi) is 5.03. The number of rotatable bonds is 6. The van der Waals surface area contributed by atoms with Gasteiger partial charge in [0.2, 0.25) is 0 Å². The zero-order valence-electron chi connectivity index (χ0n) is 13.9. The van der Waals surface area contributed by atoms with Gasteiger partial charge in [-0.2, -0.15) is 0 Å². The van der Waals surface area contributed by atoms with Gasteiger partial charge in [0.25, 0.3) is 5.91 Å². The van der Waals surface area contributed by atoms with Gasteiger partial charge in [0.15, 0.2) is 0 Å².